The predicted octanol–water partition coefficient (Wildman–Crippen LogP) is 1.59. The zero-order valence-corrected chi connectivity index (χ0v) is 8.39. The summed E-state index contributed by atoms with van der Waals surface area (Å²) < 4.78 is 4.63. The molecular formula is C8H4ClN3O4. The van der Waals surface area contributed by atoms with E-state index in [0.717, 1.165) is 0 Å². The number of halogens is 1. The van der Waals surface area contributed by atoms with E-state index in [1.807, 2.05) is 5.10 Å². The van der Waals surface area contributed by atoms with Crippen LogP contribution in [0.3, 0.4) is 0 Å². The summed E-state index contributed by atoms with van der Waals surface area (Å²) in [5.74, 6) is -0.955. The van der Waals surface area contributed by atoms with Gasteiger partial charge in [-0.15, -0.1) is 5.10 Å². The summed E-state index contributed by atoms with van der Waals surface area (Å²) in [6.45, 7) is 0. The molecule has 16 heavy (non-hydrogen) atoms. The van der Waals surface area contributed by atoms with Crippen LogP contribution in [0, 0.1) is 10.1 Å². The smallest absolute Gasteiger partial charge is 0.387 e. The summed E-state index contributed by atoms with van der Waals surface area (Å²) in [4.78, 5) is 20.8. The molecule has 0 unspecified atom stereocenters. The maximum atomic E-state index is 10.7. The van der Waals surface area contributed by atoms with Gasteiger partial charge in [0.15, 0.2) is 0 Å². The standard InChI is InChI=1S/C8H4ClN3O4/c9-4-1-2-6(12(14)15)5(3-4)7-10-11-8(13)16-7/h1-3H,(H,11,13). The Labute approximate surface area is 92.8 Å². The molecule has 2 aromatic rings. The Balaban J connectivity index is 2.66. The van der Waals surface area contributed by atoms with Crippen molar-refractivity contribution in [1.29, 1.82) is 0 Å². The van der Waals surface area contributed by atoms with Crippen LogP contribution in [-0.2, 0) is 0 Å². The Kier molecular flexibility index (Phi) is 2.45. The third-order valence-corrected chi connectivity index (χ3v) is 2.06. The van der Waals surface area contributed by atoms with Gasteiger partial charge >= 0.3 is 5.76 Å². The van der Waals surface area contributed by atoms with Crippen molar-refractivity contribution in [2.75, 3.05) is 0 Å². The molecule has 0 aliphatic rings. The average Bonchev–Trinajstić information content (AvgIpc) is 2.64. The SMILES string of the molecule is O=c1[nH]nc(-c2cc(Cl)ccc2[N+](=O)[O-])o1. The topological polar surface area (TPSA) is 102 Å². The second kappa shape index (κ2) is 3.78. The highest BCUT2D eigenvalue weighted by Gasteiger charge is 2.19. The first kappa shape index (κ1) is 10.4. The molecule has 0 aliphatic carbocycles. The van der Waals surface area contributed by atoms with E-state index in [-0.39, 0.29) is 22.2 Å². The molecule has 0 fully saturated rings. The van der Waals surface area contributed by atoms with Crippen LogP contribution in [0.4, 0.5) is 5.69 Å². The number of hydrogen-bond donors (Lipinski definition) is 1. The van der Waals surface area contributed by atoms with Crippen molar-refractivity contribution in [3.63, 3.8) is 0 Å². The molecule has 0 saturated carbocycles. The summed E-state index contributed by atoms with van der Waals surface area (Å²) in [6.07, 6.45) is 0. The van der Waals surface area contributed by atoms with Crippen molar-refractivity contribution in [3.05, 3.63) is 43.9 Å². The molecular weight excluding hydrogens is 238 g/mol. The lowest BCUT2D eigenvalue weighted by Crippen LogP contribution is -1.94. The number of nitrogens with one attached hydrogen (secondary N) is 1. The zero-order chi connectivity index (χ0) is 11.7. The molecule has 8 heteroatoms. The van der Waals surface area contributed by atoms with E-state index in [1.54, 1.807) is 0 Å². The zero-order valence-electron chi connectivity index (χ0n) is 7.64. The Morgan fingerprint density at radius 1 is 1.50 bits per heavy atom. The maximum Gasteiger partial charge on any atom is 0.434 e. The van der Waals surface area contributed by atoms with Gasteiger partial charge in [0.25, 0.3) is 11.6 Å². The monoisotopic (exact) mass is 241 g/mol. The summed E-state index contributed by atoms with van der Waals surface area (Å²) in [5.41, 5.74) is -0.185. The van der Waals surface area contributed by atoms with Gasteiger partial charge in [0.2, 0.25) is 0 Å². The van der Waals surface area contributed by atoms with Gasteiger partial charge < -0.3 is 4.42 Å². The van der Waals surface area contributed by atoms with Crippen LogP contribution in [-0.4, -0.2) is 15.1 Å². The van der Waals surface area contributed by atoms with E-state index in [2.05, 4.69) is 9.52 Å². The van der Waals surface area contributed by atoms with Crippen molar-refractivity contribution in [1.82, 2.24) is 10.2 Å². The molecule has 82 valence electrons. The van der Waals surface area contributed by atoms with Crippen LogP contribution >= 0.6 is 11.6 Å². The summed E-state index contributed by atoms with van der Waals surface area (Å²) in [5, 5.41) is 16.5. The Hall–Kier alpha value is -2.15. The number of hydrogen-bond acceptors (Lipinski definition) is 5. The number of aromatic amines is 1. The number of H-pyrrole nitrogens is 1. The number of nitro groups is 1. The first-order chi connectivity index (χ1) is 7.58. The fourth-order valence-corrected chi connectivity index (χ4v) is 1.36. The second-order valence-electron chi connectivity index (χ2n) is 2.84. The molecule has 0 atom stereocenters. The Morgan fingerprint density at radius 2 is 2.25 bits per heavy atom. The Bertz CT molecular complexity index is 603. The predicted molar refractivity (Wildman–Crippen MR) is 54.2 cm³/mol. The number of rotatable bonds is 2. The van der Waals surface area contributed by atoms with Crippen LogP contribution in [0.2, 0.25) is 5.02 Å². The minimum Gasteiger partial charge on any atom is -0.387 e. The van der Waals surface area contributed by atoms with Crippen molar-refractivity contribution >= 4 is 17.3 Å². The number of aromatic nitrogens is 2. The average molecular weight is 242 g/mol. The number of nitro benzene ring substituents is 1. The van der Waals surface area contributed by atoms with Gasteiger partial charge in [-0.05, 0) is 12.1 Å². The Morgan fingerprint density at radius 3 is 2.81 bits per heavy atom. The fraction of sp³-hybridized carbons (Fsp3) is 0. The highest BCUT2D eigenvalue weighted by atomic mass is 35.5. The summed E-state index contributed by atoms with van der Waals surface area (Å²) in [7, 11) is 0. The molecule has 0 radical (unpaired) electrons. The molecule has 0 aliphatic heterocycles. The first-order valence-electron chi connectivity index (χ1n) is 4.08. The highest BCUT2D eigenvalue weighted by molar-refractivity contribution is 6.31. The lowest BCUT2D eigenvalue weighted by atomic mass is 10.2. The third-order valence-electron chi connectivity index (χ3n) is 1.82. The maximum absolute atomic E-state index is 10.7. The first-order valence-corrected chi connectivity index (χ1v) is 4.45. The van der Waals surface area contributed by atoms with Gasteiger partial charge in [-0.25, -0.2) is 9.89 Å². The highest BCUT2D eigenvalue weighted by Crippen LogP contribution is 2.30. The molecule has 0 saturated heterocycles. The molecule has 1 aromatic heterocycles. The quantitative estimate of drug-likeness (QED) is 0.635. The second-order valence-corrected chi connectivity index (χ2v) is 3.27. The van der Waals surface area contributed by atoms with Crippen molar-refractivity contribution in [3.8, 4) is 11.5 Å². The summed E-state index contributed by atoms with van der Waals surface area (Å²) in [6, 6.07) is 3.89. The van der Waals surface area contributed by atoms with Gasteiger partial charge in [0.05, 0.1) is 4.92 Å². The van der Waals surface area contributed by atoms with Crippen LogP contribution in [0.25, 0.3) is 11.5 Å². The van der Waals surface area contributed by atoms with Crippen LogP contribution in [0.5, 0.6) is 0 Å². The third kappa shape index (κ3) is 1.80. The van der Waals surface area contributed by atoms with E-state index in [0.29, 0.717) is 0 Å². The molecule has 7 nitrogen and oxygen atoms in total. The minimum atomic E-state index is -0.788. The van der Waals surface area contributed by atoms with Gasteiger partial charge in [0, 0.05) is 11.1 Å². The van der Waals surface area contributed by atoms with Crippen LogP contribution in [0.15, 0.2) is 27.4 Å². The molecule has 0 amide bonds. The largest absolute Gasteiger partial charge is 0.434 e. The van der Waals surface area contributed by atoms with E-state index in [9.17, 15) is 14.9 Å². The van der Waals surface area contributed by atoms with Crippen molar-refractivity contribution < 1.29 is 9.34 Å². The normalized spacial score (nSPS) is 10.3. The summed E-state index contributed by atoms with van der Waals surface area (Å²) >= 11 is 5.70. The lowest BCUT2D eigenvalue weighted by molar-refractivity contribution is -0.384. The van der Waals surface area contributed by atoms with Crippen LogP contribution in [0.1, 0.15) is 0 Å². The van der Waals surface area contributed by atoms with E-state index in [1.165, 1.54) is 18.2 Å². The lowest BCUT2D eigenvalue weighted by Gasteiger charge is -1.97. The van der Waals surface area contributed by atoms with Gasteiger partial charge in [0.1, 0.15) is 5.56 Å². The fourth-order valence-electron chi connectivity index (χ4n) is 1.18. The van der Waals surface area contributed by atoms with Crippen molar-refractivity contribution in [2.45, 2.75) is 0 Å². The van der Waals surface area contributed by atoms with Gasteiger partial charge in [-0.1, -0.05) is 11.6 Å². The molecule has 1 aromatic carbocycles. The van der Waals surface area contributed by atoms with Crippen LogP contribution < -0.4 is 5.76 Å². The number of nitrogens with zero attached hydrogens (tertiary/aromatic N) is 2. The van der Waals surface area contributed by atoms with E-state index in [4.69, 9.17) is 11.6 Å². The van der Waals surface area contributed by atoms with E-state index >= 15 is 0 Å². The van der Waals surface area contributed by atoms with Gasteiger partial charge in [-0.2, -0.15) is 0 Å². The minimum absolute atomic E-state index is 0.0517. The van der Waals surface area contributed by atoms with E-state index < -0.39 is 10.7 Å². The molecule has 2 rings (SSSR count). The van der Waals surface area contributed by atoms with Crippen molar-refractivity contribution in [2.24, 2.45) is 0 Å². The number of benzene rings is 1. The molecule has 1 N–H and O–H groups in total. The molecule has 0 spiro atoms. The molecule has 1 heterocycles. The molecule has 0 bridgehead atoms. The van der Waals surface area contributed by atoms with Gasteiger partial charge in [-0.3, -0.25) is 10.1 Å².